The van der Waals surface area contributed by atoms with E-state index in [9.17, 15) is 0 Å². The molecule has 0 spiro atoms. The summed E-state index contributed by atoms with van der Waals surface area (Å²) in [5.74, 6) is 0. The molecule has 0 aromatic rings. The quantitative estimate of drug-likeness (QED) is 0.331. The predicted molar refractivity (Wildman–Crippen MR) is 52.7 cm³/mol. The first-order valence-corrected chi connectivity index (χ1v) is 4.63. The van der Waals surface area contributed by atoms with Crippen LogP contribution >= 0.6 is 0 Å². The fourth-order valence-corrected chi connectivity index (χ4v) is 0.848. The summed E-state index contributed by atoms with van der Waals surface area (Å²) in [4.78, 5) is 0. The molecule has 0 saturated heterocycles. The summed E-state index contributed by atoms with van der Waals surface area (Å²) < 4.78 is 15.2. The third kappa shape index (κ3) is 7.96. The van der Waals surface area contributed by atoms with Crippen molar-refractivity contribution in [3.05, 3.63) is 12.2 Å². The Kier molecular flexibility index (Phi) is 9.42. The second-order valence-corrected chi connectivity index (χ2v) is 2.64. The largest absolute Gasteiger partial charge is 0.376 e. The number of ether oxygens (including phenoxy) is 3. The van der Waals surface area contributed by atoms with Crippen LogP contribution in [-0.2, 0) is 14.2 Å². The van der Waals surface area contributed by atoms with E-state index in [0.717, 1.165) is 19.4 Å². The summed E-state index contributed by atoms with van der Waals surface area (Å²) in [7, 11) is 3.21. The summed E-state index contributed by atoms with van der Waals surface area (Å²) in [6.45, 7) is 3.33. The lowest BCUT2D eigenvalue weighted by Crippen LogP contribution is -2.20. The molecule has 0 bridgehead atoms. The van der Waals surface area contributed by atoms with Gasteiger partial charge in [-0.25, -0.2) is 0 Å². The van der Waals surface area contributed by atoms with Gasteiger partial charge in [0.05, 0.1) is 13.2 Å². The third-order valence-corrected chi connectivity index (χ3v) is 1.61. The number of hydrogen-bond donors (Lipinski definition) is 0. The number of methoxy groups -OCH3 is 2. The zero-order chi connectivity index (χ0) is 9.94. The lowest BCUT2D eigenvalue weighted by atomic mass is 10.3. The summed E-state index contributed by atoms with van der Waals surface area (Å²) in [5, 5.41) is 0. The van der Waals surface area contributed by atoms with Crippen LogP contribution in [0.2, 0.25) is 0 Å². The molecule has 0 heterocycles. The minimum Gasteiger partial charge on any atom is -0.376 e. The van der Waals surface area contributed by atoms with Crippen molar-refractivity contribution in [2.75, 3.05) is 27.4 Å². The Morgan fingerprint density at radius 1 is 1.15 bits per heavy atom. The SMILES string of the molecule is CC/C=C\CCOCC(OC)OC. The molecule has 0 atom stereocenters. The maximum atomic E-state index is 5.32. The average Bonchev–Trinajstić information content (AvgIpc) is 2.17. The Hall–Kier alpha value is -0.380. The third-order valence-electron chi connectivity index (χ3n) is 1.61. The zero-order valence-electron chi connectivity index (χ0n) is 8.79. The van der Waals surface area contributed by atoms with Crippen LogP contribution in [0.15, 0.2) is 12.2 Å². The van der Waals surface area contributed by atoms with Crippen molar-refractivity contribution < 1.29 is 14.2 Å². The zero-order valence-corrected chi connectivity index (χ0v) is 8.79. The molecule has 78 valence electrons. The molecular weight excluding hydrogens is 168 g/mol. The van der Waals surface area contributed by atoms with E-state index >= 15 is 0 Å². The highest BCUT2D eigenvalue weighted by atomic mass is 16.7. The van der Waals surface area contributed by atoms with Gasteiger partial charge in [0.15, 0.2) is 6.29 Å². The molecule has 0 aliphatic rings. The molecular formula is C10H20O3. The maximum absolute atomic E-state index is 5.32. The highest BCUT2D eigenvalue weighted by Gasteiger charge is 2.02. The second-order valence-electron chi connectivity index (χ2n) is 2.64. The lowest BCUT2D eigenvalue weighted by Gasteiger charge is -2.12. The van der Waals surface area contributed by atoms with Gasteiger partial charge in [0, 0.05) is 14.2 Å². The standard InChI is InChI=1S/C10H20O3/c1-4-5-6-7-8-13-9-10(11-2)12-3/h5-6,10H,4,7-9H2,1-3H3/b6-5-. The van der Waals surface area contributed by atoms with Gasteiger partial charge in [0.1, 0.15) is 0 Å². The van der Waals surface area contributed by atoms with Gasteiger partial charge in [-0.3, -0.25) is 0 Å². The molecule has 0 fully saturated rings. The van der Waals surface area contributed by atoms with Crippen molar-refractivity contribution in [1.29, 1.82) is 0 Å². The molecule has 0 amide bonds. The molecule has 0 aliphatic carbocycles. The van der Waals surface area contributed by atoms with Gasteiger partial charge in [-0.1, -0.05) is 19.1 Å². The van der Waals surface area contributed by atoms with Crippen molar-refractivity contribution in [3.8, 4) is 0 Å². The predicted octanol–water partition coefficient (Wildman–Crippen LogP) is 1.98. The van der Waals surface area contributed by atoms with Crippen LogP contribution in [0.4, 0.5) is 0 Å². The lowest BCUT2D eigenvalue weighted by molar-refractivity contribution is -0.139. The first-order chi connectivity index (χ1) is 6.35. The van der Waals surface area contributed by atoms with Gasteiger partial charge in [0.2, 0.25) is 0 Å². The molecule has 0 N–H and O–H groups in total. The Morgan fingerprint density at radius 3 is 2.38 bits per heavy atom. The second kappa shape index (κ2) is 9.71. The van der Waals surface area contributed by atoms with Gasteiger partial charge in [0.25, 0.3) is 0 Å². The summed E-state index contributed by atoms with van der Waals surface area (Å²) in [6.07, 6.45) is 6.05. The van der Waals surface area contributed by atoms with E-state index in [-0.39, 0.29) is 6.29 Å². The molecule has 0 aromatic carbocycles. The van der Waals surface area contributed by atoms with Crippen LogP contribution in [-0.4, -0.2) is 33.7 Å². The first-order valence-electron chi connectivity index (χ1n) is 4.63. The smallest absolute Gasteiger partial charge is 0.180 e. The molecule has 0 unspecified atom stereocenters. The topological polar surface area (TPSA) is 27.7 Å². The Labute approximate surface area is 80.7 Å². The molecule has 13 heavy (non-hydrogen) atoms. The van der Waals surface area contributed by atoms with E-state index in [1.807, 2.05) is 0 Å². The fourth-order valence-electron chi connectivity index (χ4n) is 0.848. The van der Waals surface area contributed by atoms with Gasteiger partial charge in [-0.15, -0.1) is 0 Å². The van der Waals surface area contributed by atoms with Gasteiger partial charge >= 0.3 is 0 Å². The maximum Gasteiger partial charge on any atom is 0.180 e. The van der Waals surface area contributed by atoms with Crippen molar-refractivity contribution in [3.63, 3.8) is 0 Å². The van der Waals surface area contributed by atoms with Gasteiger partial charge in [-0.2, -0.15) is 0 Å². The Balaban J connectivity index is 3.19. The van der Waals surface area contributed by atoms with Gasteiger partial charge < -0.3 is 14.2 Å². The number of allylic oxidation sites excluding steroid dienone is 1. The van der Waals surface area contributed by atoms with E-state index in [1.54, 1.807) is 14.2 Å². The fraction of sp³-hybridized carbons (Fsp3) is 0.800. The van der Waals surface area contributed by atoms with E-state index in [2.05, 4.69) is 19.1 Å². The monoisotopic (exact) mass is 188 g/mol. The Bertz CT molecular complexity index is 119. The summed E-state index contributed by atoms with van der Waals surface area (Å²) in [6, 6.07) is 0. The van der Waals surface area contributed by atoms with E-state index in [0.29, 0.717) is 6.61 Å². The Morgan fingerprint density at radius 2 is 1.85 bits per heavy atom. The van der Waals surface area contributed by atoms with Crippen LogP contribution in [0.25, 0.3) is 0 Å². The molecule has 0 aromatic heterocycles. The summed E-state index contributed by atoms with van der Waals surface area (Å²) >= 11 is 0. The summed E-state index contributed by atoms with van der Waals surface area (Å²) in [5.41, 5.74) is 0. The van der Waals surface area contributed by atoms with Crippen molar-refractivity contribution in [2.24, 2.45) is 0 Å². The van der Waals surface area contributed by atoms with Crippen molar-refractivity contribution in [1.82, 2.24) is 0 Å². The van der Waals surface area contributed by atoms with Crippen LogP contribution in [0, 0.1) is 0 Å². The molecule has 0 saturated carbocycles. The van der Waals surface area contributed by atoms with Crippen LogP contribution in [0.1, 0.15) is 19.8 Å². The van der Waals surface area contributed by atoms with Crippen LogP contribution in [0.3, 0.4) is 0 Å². The van der Waals surface area contributed by atoms with Crippen LogP contribution in [0.5, 0.6) is 0 Å². The molecule has 3 nitrogen and oxygen atoms in total. The van der Waals surface area contributed by atoms with E-state index in [4.69, 9.17) is 14.2 Å². The molecule has 0 radical (unpaired) electrons. The minimum atomic E-state index is -0.241. The highest BCUT2D eigenvalue weighted by molar-refractivity contribution is 4.79. The van der Waals surface area contributed by atoms with Gasteiger partial charge in [-0.05, 0) is 12.8 Å². The number of rotatable bonds is 8. The molecule has 3 heteroatoms. The van der Waals surface area contributed by atoms with E-state index in [1.165, 1.54) is 0 Å². The average molecular weight is 188 g/mol. The normalized spacial score (nSPS) is 11.7. The van der Waals surface area contributed by atoms with Crippen molar-refractivity contribution >= 4 is 0 Å². The molecule has 0 aliphatic heterocycles. The molecule has 0 rings (SSSR count). The van der Waals surface area contributed by atoms with Crippen LogP contribution < -0.4 is 0 Å². The highest BCUT2D eigenvalue weighted by Crippen LogP contribution is 1.94. The van der Waals surface area contributed by atoms with E-state index < -0.39 is 0 Å². The first kappa shape index (κ1) is 12.6. The minimum absolute atomic E-state index is 0.241. The van der Waals surface area contributed by atoms with Crippen molar-refractivity contribution in [2.45, 2.75) is 26.1 Å². The number of hydrogen-bond acceptors (Lipinski definition) is 3.